The van der Waals surface area contributed by atoms with E-state index in [4.69, 9.17) is 0 Å². The van der Waals surface area contributed by atoms with E-state index in [1.807, 2.05) is 0 Å². The second-order valence-electron chi connectivity index (χ2n) is 4.40. The summed E-state index contributed by atoms with van der Waals surface area (Å²) in [5.41, 5.74) is -0.845. The van der Waals surface area contributed by atoms with Gasteiger partial charge in [0.15, 0.2) is 0 Å². The lowest BCUT2D eigenvalue weighted by molar-refractivity contribution is -0.137. The Morgan fingerprint density at radius 2 is 1.53 bits per heavy atom. The second-order valence-corrected chi connectivity index (χ2v) is 4.40. The van der Waals surface area contributed by atoms with E-state index in [0.29, 0.717) is 13.1 Å². The zero-order valence-corrected chi connectivity index (χ0v) is 10.0. The maximum absolute atomic E-state index is 12.4. The Morgan fingerprint density at radius 1 is 1.00 bits per heavy atom. The predicted molar refractivity (Wildman–Crippen MR) is 61.6 cm³/mol. The molecule has 19 heavy (non-hydrogen) atoms. The summed E-state index contributed by atoms with van der Waals surface area (Å²) in [5, 5.41) is 0. The van der Waals surface area contributed by atoms with Crippen molar-refractivity contribution in [3.05, 3.63) is 35.4 Å². The Kier molecular flexibility index (Phi) is 3.59. The topological polar surface area (TPSA) is 37.4 Å². The van der Waals surface area contributed by atoms with Crippen molar-refractivity contribution < 1.29 is 22.8 Å². The molecule has 0 N–H and O–H groups in total. The van der Waals surface area contributed by atoms with Crippen LogP contribution in [0.3, 0.4) is 0 Å². The molecule has 1 saturated heterocycles. The van der Waals surface area contributed by atoms with Crippen LogP contribution in [0.2, 0.25) is 0 Å². The van der Waals surface area contributed by atoms with Crippen molar-refractivity contribution in [2.24, 2.45) is 0 Å². The molecular formula is C13H12F3NO2. The van der Waals surface area contributed by atoms with Crippen molar-refractivity contribution in [3.8, 4) is 0 Å². The van der Waals surface area contributed by atoms with E-state index >= 15 is 0 Å². The number of amides is 1. The average molecular weight is 271 g/mol. The van der Waals surface area contributed by atoms with E-state index in [2.05, 4.69) is 0 Å². The minimum Gasteiger partial charge on any atom is -0.336 e. The molecule has 2 rings (SSSR count). The molecule has 0 radical (unpaired) electrons. The van der Waals surface area contributed by atoms with Gasteiger partial charge in [-0.3, -0.25) is 9.59 Å². The number of halogens is 3. The Hall–Kier alpha value is -1.85. The van der Waals surface area contributed by atoms with Gasteiger partial charge in [-0.05, 0) is 25.0 Å². The molecule has 0 unspecified atom stereocenters. The third-order valence-corrected chi connectivity index (χ3v) is 3.06. The van der Waals surface area contributed by atoms with E-state index in [-0.39, 0.29) is 5.56 Å². The molecule has 1 aliphatic heterocycles. The highest BCUT2D eigenvalue weighted by molar-refractivity contribution is 6.42. The van der Waals surface area contributed by atoms with Crippen LogP contribution in [-0.4, -0.2) is 29.7 Å². The van der Waals surface area contributed by atoms with E-state index < -0.39 is 23.4 Å². The lowest BCUT2D eigenvalue weighted by atomic mass is 10.1. The van der Waals surface area contributed by atoms with Gasteiger partial charge in [-0.15, -0.1) is 0 Å². The van der Waals surface area contributed by atoms with Crippen molar-refractivity contribution in [1.29, 1.82) is 0 Å². The predicted octanol–water partition coefficient (Wildman–Crippen LogP) is 2.51. The SMILES string of the molecule is O=C(C(=O)N1CCCC1)c1ccc(C(F)(F)F)cc1. The summed E-state index contributed by atoms with van der Waals surface area (Å²) < 4.78 is 37.1. The summed E-state index contributed by atoms with van der Waals surface area (Å²) in [6.07, 6.45) is -2.74. The van der Waals surface area contributed by atoms with Crippen molar-refractivity contribution in [1.82, 2.24) is 4.90 Å². The maximum Gasteiger partial charge on any atom is 0.416 e. The van der Waals surface area contributed by atoms with Crippen LogP contribution in [0.25, 0.3) is 0 Å². The lowest BCUT2D eigenvalue weighted by Gasteiger charge is -2.14. The van der Waals surface area contributed by atoms with Crippen LogP contribution in [0.1, 0.15) is 28.8 Å². The first kappa shape index (κ1) is 13.6. The van der Waals surface area contributed by atoms with Gasteiger partial charge in [0.1, 0.15) is 0 Å². The Bertz CT molecular complexity index is 488. The number of ketones is 1. The normalized spacial score (nSPS) is 15.6. The molecule has 1 aromatic rings. The molecule has 3 nitrogen and oxygen atoms in total. The molecule has 1 aromatic carbocycles. The minimum absolute atomic E-state index is 0.00935. The first-order valence-electron chi connectivity index (χ1n) is 5.90. The molecule has 1 fully saturated rings. The van der Waals surface area contributed by atoms with Gasteiger partial charge in [-0.2, -0.15) is 13.2 Å². The number of benzene rings is 1. The fraction of sp³-hybridized carbons (Fsp3) is 0.385. The number of nitrogens with zero attached hydrogens (tertiary/aromatic N) is 1. The molecule has 1 heterocycles. The van der Waals surface area contributed by atoms with E-state index in [1.165, 1.54) is 4.90 Å². The third-order valence-electron chi connectivity index (χ3n) is 3.06. The zero-order chi connectivity index (χ0) is 14.0. The Morgan fingerprint density at radius 3 is 2.00 bits per heavy atom. The first-order valence-corrected chi connectivity index (χ1v) is 5.90. The molecule has 0 aliphatic carbocycles. The third kappa shape index (κ3) is 2.94. The first-order chi connectivity index (χ1) is 8.89. The quantitative estimate of drug-likeness (QED) is 0.612. The largest absolute Gasteiger partial charge is 0.416 e. The summed E-state index contributed by atoms with van der Waals surface area (Å²) in [7, 11) is 0. The van der Waals surface area contributed by atoms with Gasteiger partial charge in [0.05, 0.1) is 5.56 Å². The van der Waals surface area contributed by atoms with Gasteiger partial charge in [0.25, 0.3) is 5.91 Å². The molecule has 0 spiro atoms. The number of hydrogen-bond donors (Lipinski definition) is 0. The molecule has 0 aromatic heterocycles. The molecule has 102 valence electrons. The average Bonchev–Trinajstić information content (AvgIpc) is 2.90. The number of alkyl halides is 3. The van der Waals surface area contributed by atoms with Crippen LogP contribution in [0, 0.1) is 0 Å². The van der Waals surface area contributed by atoms with Gasteiger partial charge >= 0.3 is 6.18 Å². The summed E-state index contributed by atoms with van der Waals surface area (Å²) in [5.74, 6) is -1.40. The number of Topliss-reactive ketones (excluding diaryl/α,β-unsaturated/α-hetero) is 1. The van der Waals surface area contributed by atoms with Crippen LogP contribution >= 0.6 is 0 Å². The molecule has 1 amide bonds. The molecule has 1 aliphatic rings. The highest BCUT2D eigenvalue weighted by Crippen LogP contribution is 2.29. The molecular weight excluding hydrogens is 259 g/mol. The van der Waals surface area contributed by atoms with Crippen LogP contribution in [0.15, 0.2) is 24.3 Å². The van der Waals surface area contributed by atoms with E-state index in [9.17, 15) is 22.8 Å². The molecule has 0 saturated carbocycles. The smallest absolute Gasteiger partial charge is 0.336 e. The summed E-state index contributed by atoms with van der Waals surface area (Å²) >= 11 is 0. The van der Waals surface area contributed by atoms with Crippen molar-refractivity contribution in [3.63, 3.8) is 0 Å². The summed E-state index contributed by atoms with van der Waals surface area (Å²) in [4.78, 5) is 25.0. The van der Waals surface area contributed by atoms with Crippen molar-refractivity contribution >= 4 is 11.7 Å². The lowest BCUT2D eigenvalue weighted by Crippen LogP contribution is -2.34. The fourth-order valence-electron chi connectivity index (χ4n) is 2.00. The van der Waals surface area contributed by atoms with Crippen LogP contribution in [0.5, 0.6) is 0 Å². The monoisotopic (exact) mass is 271 g/mol. The van der Waals surface area contributed by atoms with Gasteiger partial charge in [-0.1, -0.05) is 12.1 Å². The Labute approximate surface area is 108 Å². The Balaban J connectivity index is 2.13. The number of rotatable bonds is 2. The highest BCUT2D eigenvalue weighted by atomic mass is 19.4. The second kappa shape index (κ2) is 5.03. The number of carbonyl (C=O) groups is 2. The summed E-state index contributed by atoms with van der Waals surface area (Å²) in [6.45, 7) is 1.07. The van der Waals surface area contributed by atoms with Crippen LogP contribution < -0.4 is 0 Å². The van der Waals surface area contributed by atoms with Crippen molar-refractivity contribution in [2.45, 2.75) is 19.0 Å². The standard InChI is InChI=1S/C13H12F3NO2/c14-13(15,16)10-5-3-9(4-6-10)11(18)12(19)17-7-1-2-8-17/h3-6H,1-2,7-8H2. The van der Waals surface area contributed by atoms with Crippen LogP contribution in [0.4, 0.5) is 13.2 Å². The van der Waals surface area contributed by atoms with Gasteiger partial charge in [-0.25, -0.2) is 0 Å². The van der Waals surface area contributed by atoms with E-state index in [1.54, 1.807) is 0 Å². The van der Waals surface area contributed by atoms with Crippen molar-refractivity contribution in [2.75, 3.05) is 13.1 Å². The van der Waals surface area contributed by atoms with E-state index in [0.717, 1.165) is 37.1 Å². The molecule has 6 heteroatoms. The zero-order valence-electron chi connectivity index (χ0n) is 10.0. The highest BCUT2D eigenvalue weighted by Gasteiger charge is 2.31. The molecule has 0 bridgehead atoms. The maximum atomic E-state index is 12.4. The minimum atomic E-state index is -4.44. The molecule has 0 atom stereocenters. The van der Waals surface area contributed by atoms with Gasteiger partial charge < -0.3 is 4.90 Å². The van der Waals surface area contributed by atoms with Gasteiger partial charge in [0.2, 0.25) is 5.78 Å². The van der Waals surface area contributed by atoms with Gasteiger partial charge in [0, 0.05) is 18.7 Å². The number of likely N-dealkylation sites (tertiary alicyclic amines) is 1. The fourth-order valence-corrected chi connectivity index (χ4v) is 2.00. The summed E-state index contributed by atoms with van der Waals surface area (Å²) in [6, 6.07) is 3.70. The number of hydrogen-bond acceptors (Lipinski definition) is 2. The van der Waals surface area contributed by atoms with Crippen LogP contribution in [-0.2, 0) is 11.0 Å². The number of carbonyl (C=O) groups excluding carboxylic acids is 2.